The number of fused-ring (bicyclic) bond motifs is 1. The molecule has 8 nitrogen and oxygen atoms in total. The highest BCUT2D eigenvalue weighted by Gasteiger charge is 2.36. The van der Waals surface area contributed by atoms with Crippen LogP contribution in [-0.4, -0.2) is 46.8 Å². The average molecular weight is 560 g/mol. The Bertz CT molecular complexity index is 1460. The van der Waals surface area contributed by atoms with Crippen molar-refractivity contribution < 1.29 is 35.1 Å². The van der Waals surface area contributed by atoms with Crippen molar-refractivity contribution in [3.05, 3.63) is 48.3 Å². The molecule has 16 heteroatoms. The first-order valence-corrected chi connectivity index (χ1v) is 11.8. The molecule has 0 aliphatic heterocycles. The van der Waals surface area contributed by atoms with Crippen LogP contribution in [0.2, 0.25) is 0 Å². The van der Waals surface area contributed by atoms with Crippen LogP contribution in [0.3, 0.4) is 0 Å². The van der Waals surface area contributed by atoms with Gasteiger partial charge in [0.15, 0.2) is 5.65 Å². The van der Waals surface area contributed by atoms with Crippen molar-refractivity contribution >= 4 is 17.1 Å². The maximum Gasteiger partial charge on any atom is 0.419 e. The summed E-state index contributed by atoms with van der Waals surface area (Å²) in [5.74, 6) is -0.0892. The third-order valence-corrected chi connectivity index (χ3v) is 6.44. The van der Waals surface area contributed by atoms with Gasteiger partial charge in [0.05, 0.1) is 23.8 Å². The molecule has 39 heavy (non-hydrogen) atoms. The first-order chi connectivity index (χ1) is 18.4. The minimum atomic E-state index is -4.80. The Balaban J connectivity index is 1.37. The van der Waals surface area contributed by atoms with E-state index in [9.17, 15) is 35.1 Å². The van der Waals surface area contributed by atoms with Gasteiger partial charge in [-0.2, -0.15) is 31.4 Å². The van der Waals surface area contributed by atoms with Gasteiger partial charge in [-0.15, -0.1) is 0 Å². The number of hydrogen-bond acceptors (Lipinski definition) is 6. The lowest BCUT2D eigenvalue weighted by molar-refractivity contribution is -0.138. The van der Waals surface area contributed by atoms with Crippen molar-refractivity contribution in [3.8, 4) is 11.3 Å². The summed E-state index contributed by atoms with van der Waals surface area (Å²) in [6.45, 7) is -0.781. The van der Waals surface area contributed by atoms with Crippen molar-refractivity contribution in [1.82, 2.24) is 34.3 Å². The molecule has 4 aromatic heterocycles. The quantitative estimate of drug-likeness (QED) is 0.292. The molecule has 1 fully saturated rings. The SMILES string of the molecule is FC(F)Cn1cc(-c2nc(N[C@@H]3CCC[C@H](n4cnc5cc(C(F)(F)F)cnc54)C3)ncc2C(F)(F)F)cn1. The zero-order valence-corrected chi connectivity index (χ0v) is 19.9. The molecule has 4 aromatic rings. The Morgan fingerprint density at radius 2 is 1.77 bits per heavy atom. The monoisotopic (exact) mass is 560 g/mol. The van der Waals surface area contributed by atoms with Gasteiger partial charge >= 0.3 is 12.4 Å². The van der Waals surface area contributed by atoms with E-state index in [2.05, 4.69) is 30.4 Å². The zero-order chi connectivity index (χ0) is 27.9. The van der Waals surface area contributed by atoms with E-state index >= 15 is 0 Å². The predicted octanol–water partition coefficient (Wildman–Crippen LogP) is 5.98. The van der Waals surface area contributed by atoms with Crippen LogP contribution in [0, 0.1) is 0 Å². The van der Waals surface area contributed by atoms with Gasteiger partial charge in [-0.25, -0.2) is 28.7 Å². The van der Waals surface area contributed by atoms with E-state index in [4.69, 9.17) is 0 Å². The van der Waals surface area contributed by atoms with Gasteiger partial charge in [-0.1, -0.05) is 0 Å². The van der Waals surface area contributed by atoms with Crippen molar-refractivity contribution in [2.24, 2.45) is 0 Å². The van der Waals surface area contributed by atoms with Gasteiger partial charge in [0, 0.05) is 36.2 Å². The van der Waals surface area contributed by atoms with Crippen LogP contribution in [0.1, 0.15) is 42.9 Å². The summed E-state index contributed by atoms with van der Waals surface area (Å²) in [6.07, 6.45) is -4.70. The summed E-state index contributed by atoms with van der Waals surface area (Å²) in [5, 5.41) is 6.73. The fraction of sp³-hybridized carbons (Fsp3) is 0.435. The highest BCUT2D eigenvalue weighted by molar-refractivity contribution is 5.71. The number of hydrogen-bond donors (Lipinski definition) is 1. The molecule has 0 amide bonds. The fourth-order valence-electron chi connectivity index (χ4n) is 4.68. The molecular formula is C23H20F8N8. The van der Waals surface area contributed by atoms with E-state index in [1.807, 2.05) is 0 Å². The lowest BCUT2D eigenvalue weighted by Crippen LogP contribution is -2.29. The Morgan fingerprint density at radius 1 is 0.974 bits per heavy atom. The fourth-order valence-corrected chi connectivity index (χ4v) is 4.68. The van der Waals surface area contributed by atoms with Crippen LogP contribution < -0.4 is 5.32 Å². The Hall–Kier alpha value is -3.85. The second-order valence-electron chi connectivity index (χ2n) is 9.17. The second kappa shape index (κ2) is 10.0. The van der Waals surface area contributed by atoms with Gasteiger partial charge < -0.3 is 9.88 Å². The second-order valence-corrected chi connectivity index (χ2v) is 9.17. The van der Waals surface area contributed by atoms with E-state index in [-0.39, 0.29) is 29.1 Å². The summed E-state index contributed by atoms with van der Waals surface area (Å²) >= 11 is 0. The van der Waals surface area contributed by atoms with Crippen molar-refractivity contribution in [2.75, 3.05) is 5.32 Å². The number of anilines is 1. The van der Waals surface area contributed by atoms with E-state index in [0.717, 1.165) is 29.3 Å². The number of aromatic nitrogens is 7. The smallest absolute Gasteiger partial charge is 0.351 e. The van der Waals surface area contributed by atoms with Crippen molar-refractivity contribution in [3.63, 3.8) is 0 Å². The molecule has 1 aliphatic carbocycles. The molecular weight excluding hydrogens is 540 g/mol. The normalized spacial score (nSPS) is 18.7. The first-order valence-electron chi connectivity index (χ1n) is 11.8. The lowest BCUT2D eigenvalue weighted by atomic mass is 9.91. The zero-order valence-electron chi connectivity index (χ0n) is 19.9. The van der Waals surface area contributed by atoms with E-state index in [1.165, 1.54) is 6.33 Å². The number of halogens is 8. The highest BCUT2D eigenvalue weighted by Crippen LogP contribution is 2.37. The molecule has 0 saturated heterocycles. The van der Waals surface area contributed by atoms with Gasteiger partial charge in [0.2, 0.25) is 5.95 Å². The predicted molar refractivity (Wildman–Crippen MR) is 122 cm³/mol. The molecule has 1 N–H and O–H groups in total. The molecule has 2 atom stereocenters. The molecule has 5 rings (SSSR count). The van der Waals surface area contributed by atoms with Crippen LogP contribution in [0.25, 0.3) is 22.4 Å². The molecule has 0 radical (unpaired) electrons. The minimum Gasteiger partial charge on any atom is -0.351 e. The van der Waals surface area contributed by atoms with Crippen molar-refractivity contribution in [2.45, 2.75) is 63.1 Å². The maximum atomic E-state index is 13.6. The summed E-state index contributed by atoms with van der Waals surface area (Å²) < 4.78 is 108. The van der Waals surface area contributed by atoms with Crippen LogP contribution in [0.15, 0.2) is 37.2 Å². The molecule has 208 valence electrons. The molecule has 0 unspecified atom stereocenters. The molecule has 0 spiro atoms. The summed E-state index contributed by atoms with van der Waals surface area (Å²) in [5.41, 5.74) is -2.24. The summed E-state index contributed by atoms with van der Waals surface area (Å²) in [7, 11) is 0. The third-order valence-electron chi connectivity index (χ3n) is 6.44. The van der Waals surface area contributed by atoms with Gasteiger partial charge in [-0.3, -0.25) is 4.68 Å². The molecule has 1 saturated carbocycles. The Morgan fingerprint density at radius 3 is 2.49 bits per heavy atom. The molecule has 0 aromatic carbocycles. The maximum absolute atomic E-state index is 13.6. The number of imidazole rings is 1. The van der Waals surface area contributed by atoms with Crippen LogP contribution in [-0.2, 0) is 18.9 Å². The minimum absolute atomic E-state index is 0.0892. The molecule has 0 bridgehead atoms. The first kappa shape index (κ1) is 26.7. The summed E-state index contributed by atoms with van der Waals surface area (Å²) in [6, 6.07) is 0.465. The highest BCUT2D eigenvalue weighted by atomic mass is 19.4. The van der Waals surface area contributed by atoms with Crippen LogP contribution >= 0.6 is 0 Å². The van der Waals surface area contributed by atoms with Crippen LogP contribution in [0.4, 0.5) is 41.1 Å². The molecule has 4 heterocycles. The van der Waals surface area contributed by atoms with Gasteiger partial charge in [-0.05, 0) is 31.7 Å². The number of rotatable bonds is 6. The Kier molecular flexibility index (Phi) is 6.88. The van der Waals surface area contributed by atoms with E-state index < -0.39 is 42.1 Å². The standard InChI is InChI=1S/C23H20F8N8/c24-18(25)10-38-9-12(6-35-38)19-16(23(29,30)31)8-33-21(37-19)36-14-2-1-3-15(5-14)39-11-34-17-4-13(22(26,27)28)7-32-20(17)39/h4,6-9,11,14-15,18H,1-3,5,10H2,(H,33,36,37)/t14-,15+/m1/s1. The van der Waals surface area contributed by atoms with Gasteiger partial charge in [0.25, 0.3) is 6.43 Å². The number of nitrogens with zero attached hydrogens (tertiary/aromatic N) is 7. The van der Waals surface area contributed by atoms with E-state index in [1.54, 1.807) is 4.57 Å². The van der Waals surface area contributed by atoms with Crippen LogP contribution in [0.5, 0.6) is 0 Å². The Labute approximate surface area is 215 Å². The third kappa shape index (κ3) is 5.78. The average Bonchev–Trinajstić information content (AvgIpc) is 3.49. The van der Waals surface area contributed by atoms with Crippen molar-refractivity contribution in [1.29, 1.82) is 0 Å². The topological polar surface area (TPSA) is 86.3 Å². The van der Waals surface area contributed by atoms with E-state index in [0.29, 0.717) is 37.5 Å². The van der Waals surface area contributed by atoms with Gasteiger partial charge in [0.1, 0.15) is 17.6 Å². The number of nitrogens with one attached hydrogen (secondary N) is 1. The summed E-state index contributed by atoms with van der Waals surface area (Å²) in [4.78, 5) is 15.9. The largest absolute Gasteiger partial charge is 0.419 e. The molecule has 1 aliphatic rings. The lowest BCUT2D eigenvalue weighted by Gasteiger charge is -2.30. The number of alkyl halides is 8. The number of pyridine rings is 1.